The average molecular weight is 198 g/mol. The summed E-state index contributed by atoms with van der Waals surface area (Å²) in [5.74, 6) is 0. The van der Waals surface area contributed by atoms with Crippen LogP contribution in [-0.2, 0) is 0 Å². The summed E-state index contributed by atoms with van der Waals surface area (Å²) in [7, 11) is 0. The van der Waals surface area contributed by atoms with Gasteiger partial charge >= 0.3 is 0 Å². The number of aliphatic hydroxyl groups is 1. The molecule has 0 aromatic rings. The number of nitrogens with zero attached hydrogens (tertiary/aromatic N) is 1. The number of nitriles is 1. The van der Waals surface area contributed by atoms with Gasteiger partial charge in [-0.3, -0.25) is 0 Å². The lowest BCUT2D eigenvalue weighted by Gasteiger charge is -2.27. The fourth-order valence-corrected chi connectivity index (χ4v) is 1.31. The van der Waals surface area contributed by atoms with Gasteiger partial charge in [0.05, 0.1) is 18.1 Å². The first-order valence-corrected chi connectivity index (χ1v) is 5.44. The van der Waals surface area contributed by atoms with Crippen molar-refractivity contribution in [1.29, 1.82) is 5.26 Å². The Kier molecular flexibility index (Phi) is 6.52. The normalized spacial score (nSPS) is 13.6. The van der Waals surface area contributed by atoms with Gasteiger partial charge in [0.1, 0.15) is 0 Å². The Bertz CT molecular complexity index is 182. The lowest BCUT2D eigenvalue weighted by molar-refractivity contribution is 0.0298. The van der Waals surface area contributed by atoms with Crippen LogP contribution in [0.15, 0.2) is 0 Å². The Labute approximate surface area is 87.1 Å². The quantitative estimate of drug-likeness (QED) is 0.656. The highest BCUT2D eigenvalue weighted by molar-refractivity contribution is 4.84. The van der Waals surface area contributed by atoms with Gasteiger partial charge in [0.15, 0.2) is 0 Å². The van der Waals surface area contributed by atoms with Crippen molar-refractivity contribution in [2.24, 2.45) is 0 Å². The highest BCUT2D eigenvalue weighted by atomic mass is 16.3. The summed E-state index contributed by atoms with van der Waals surface area (Å²) in [6.07, 6.45) is 2.94. The Balaban J connectivity index is 3.95. The number of rotatable bonds is 7. The highest BCUT2D eigenvalue weighted by Crippen LogP contribution is 2.13. The fraction of sp³-hybridized carbons (Fsp3) is 0.909. The van der Waals surface area contributed by atoms with Gasteiger partial charge in [-0.2, -0.15) is 5.26 Å². The predicted molar refractivity (Wildman–Crippen MR) is 57.8 cm³/mol. The molecule has 0 aromatic carbocycles. The zero-order valence-electron chi connectivity index (χ0n) is 9.51. The number of nitrogens with one attached hydrogen (secondary N) is 1. The van der Waals surface area contributed by atoms with Crippen LogP contribution in [0.3, 0.4) is 0 Å². The Hall–Kier alpha value is -0.590. The van der Waals surface area contributed by atoms with E-state index in [9.17, 15) is 5.11 Å². The summed E-state index contributed by atoms with van der Waals surface area (Å²) in [6, 6.07) is 2.36. The fourth-order valence-electron chi connectivity index (χ4n) is 1.31. The summed E-state index contributed by atoms with van der Waals surface area (Å²) in [4.78, 5) is 0. The minimum absolute atomic E-state index is 0.213. The van der Waals surface area contributed by atoms with Gasteiger partial charge in [0.2, 0.25) is 0 Å². The van der Waals surface area contributed by atoms with E-state index in [0.29, 0.717) is 13.0 Å². The maximum absolute atomic E-state index is 10.00. The van der Waals surface area contributed by atoms with E-state index in [0.717, 1.165) is 19.3 Å². The molecule has 0 amide bonds. The van der Waals surface area contributed by atoms with Crippen molar-refractivity contribution in [3.63, 3.8) is 0 Å². The first-order chi connectivity index (χ1) is 6.61. The zero-order chi connectivity index (χ0) is 11.0. The van der Waals surface area contributed by atoms with Crippen molar-refractivity contribution in [3.05, 3.63) is 0 Å². The lowest BCUT2D eigenvalue weighted by atomic mass is 9.97. The first-order valence-electron chi connectivity index (χ1n) is 5.44. The summed E-state index contributed by atoms with van der Waals surface area (Å²) in [5.41, 5.74) is -0.608. The SMILES string of the molecule is CCC(CC#N)NCC(O)(CC)CC. The molecule has 0 bridgehead atoms. The minimum Gasteiger partial charge on any atom is -0.389 e. The summed E-state index contributed by atoms with van der Waals surface area (Å²) >= 11 is 0. The molecule has 3 heteroatoms. The van der Waals surface area contributed by atoms with E-state index < -0.39 is 5.60 Å². The van der Waals surface area contributed by atoms with Crippen LogP contribution in [0.2, 0.25) is 0 Å². The summed E-state index contributed by atoms with van der Waals surface area (Å²) < 4.78 is 0. The van der Waals surface area contributed by atoms with Gasteiger partial charge in [-0.15, -0.1) is 0 Å². The molecule has 3 nitrogen and oxygen atoms in total. The molecule has 2 N–H and O–H groups in total. The van der Waals surface area contributed by atoms with Crippen LogP contribution in [0.1, 0.15) is 46.5 Å². The molecule has 1 atom stereocenters. The Morgan fingerprint density at radius 3 is 2.29 bits per heavy atom. The first kappa shape index (κ1) is 13.4. The van der Waals surface area contributed by atoms with Crippen LogP contribution in [-0.4, -0.2) is 23.3 Å². The second kappa shape index (κ2) is 6.80. The van der Waals surface area contributed by atoms with E-state index in [1.165, 1.54) is 0 Å². The third kappa shape index (κ3) is 4.59. The molecule has 0 aliphatic heterocycles. The van der Waals surface area contributed by atoms with Gasteiger partial charge < -0.3 is 10.4 Å². The van der Waals surface area contributed by atoms with Crippen molar-refractivity contribution in [1.82, 2.24) is 5.32 Å². The molecule has 0 aromatic heterocycles. The molecule has 0 aliphatic carbocycles. The van der Waals surface area contributed by atoms with E-state index in [1.807, 2.05) is 20.8 Å². The van der Waals surface area contributed by atoms with E-state index in [2.05, 4.69) is 11.4 Å². The molecule has 0 radical (unpaired) electrons. The zero-order valence-corrected chi connectivity index (χ0v) is 9.51. The molecule has 14 heavy (non-hydrogen) atoms. The summed E-state index contributed by atoms with van der Waals surface area (Å²) in [5, 5.41) is 21.8. The lowest BCUT2D eigenvalue weighted by Crippen LogP contribution is -2.43. The maximum Gasteiger partial charge on any atom is 0.0766 e. The third-order valence-corrected chi connectivity index (χ3v) is 2.87. The second-order valence-electron chi connectivity index (χ2n) is 3.78. The molecule has 82 valence electrons. The molecular weight excluding hydrogens is 176 g/mol. The van der Waals surface area contributed by atoms with Gasteiger partial charge in [0.25, 0.3) is 0 Å². The Morgan fingerprint density at radius 1 is 1.36 bits per heavy atom. The highest BCUT2D eigenvalue weighted by Gasteiger charge is 2.22. The third-order valence-electron chi connectivity index (χ3n) is 2.87. The van der Waals surface area contributed by atoms with Gasteiger partial charge in [-0.05, 0) is 19.3 Å². The van der Waals surface area contributed by atoms with Crippen LogP contribution in [0, 0.1) is 11.3 Å². The van der Waals surface area contributed by atoms with Crippen molar-refractivity contribution >= 4 is 0 Å². The number of hydrogen-bond acceptors (Lipinski definition) is 3. The smallest absolute Gasteiger partial charge is 0.0766 e. The van der Waals surface area contributed by atoms with E-state index >= 15 is 0 Å². The van der Waals surface area contributed by atoms with Gasteiger partial charge in [0, 0.05) is 12.6 Å². The van der Waals surface area contributed by atoms with Crippen LogP contribution >= 0.6 is 0 Å². The van der Waals surface area contributed by atoms with Crippen LogP contribution in [0.4, 0.5) is 0 Å². The molecule has 0 spiro atoms. The molecule has 0 rings (SSSR count). The molecular formula is C11H22N2O. The molecule has 0 fully saturated rings. The van der Waals surface area contributed by atoms with Crippen molar-refractivity contribution in [3.8, 4) is 6.07 Å². The molecule has 0 saturated heterocycles. The van der Waals surface area contributed by atoms with Crippen LogP contribution in [0.25, 0.3) is 0 Å². The standard InChI is InChI=1S/C11H22N2O/c1-4-10(7-8-12)13-9-11(14,5-2)6-3/h10,13-14H,4-7,9H2,1-3H3. The maximum atomic E-state index is 10.00. The molecule has 0 heterocycles. The predicted octanol–water partition coefficient (Wildman–Crippen LogP) is 1.82. The Morgan fingerprint density at radius 2 is 1.93 bits per heavy atom. The van der Waals surface area contributed by atoms with E-state index in [-0.39, 0.29) is 6.04 Å². The van der Waals surface area contributed by atoms with Crippen molar-refractivity contribution < 1.29 is 5.11 Å². The van der Waals surface area contributed by atoms with Crippen molar-refractivity contribution in [2.45, 2.75) is 58.1 Å². The topological polar surface area (TPSA) is 56.0 Å². The monoisotopic (exact) mass is 198 g/mol. The van der Waals surface area contributed by atoms with Crippen molar-refractivity contribution in [2.75, 3.05) is 6.54 Å². The largest absolute Gasteiger partial charge is 0.389 e. The van der Waals surface area contributed by atoms with Crippen LogP contribution < -0.4 is 5.32 Å². The minimum atomic E-state index is -0.608. The van der Waals surface area contributed by atoms with Crippen LogP contribution in [0.5, 0.6) is 0 Å². The number of hydrogen-bond donors (Lipinski definition) is 2. The van der Waals surface area contributed by atoms with Gasteiger partial charge in [-0.25, -0.2) is 0 Å². The molecule has 0 aliphatic rings. The van der Waals surface area contributed by atoms with Gasteiger partial charge in [-0.1, -0.05) is 20.8 Å². The molecule has 1 unspecified atom stereocenters. The average Bonchev–Trinajstić information content (AvgIpc) is 2.23. The van der Waals surface area contributed by atoms with E-state index in [4.69, 9.17) is 5.26 Å². The summed E-state index contributed by atoms with van der Waals surface area (Å²) in [6.45, 7) is 6.60. The van der Waals surface area contributed by atoms with E-state index in [1.54, 1.807) is 0 Å². The molecule has 0 saturated carbocycles. The second-order valence-corrected chi connectivity index (χ2v) is 3.78.